The molecule has 2 amide bonds. The Hall–Kier alpha value is -2.74. The van der Waals surface area contributed by atoms with Crippen LogP contribution in [-0.4, -0.2) is 57.2 Å². The van der Waals surface area contributed by atoms with Gasteiger partial charge in [0.1, 0.15) is 5.69 Å². The molecule has 3 atom stereocenters. The number of carbonyl (C=O) groups is 2. The number of hydrogen-bond donors (Lipinski definition) is 2. The number of aromatic amines is 1. The Morgan fingerprint density at radius 1 is 1.35 bits per heavy atom. The first-order chi connectivity index (χ1) is 12.7. The molecule has 0 spiro atoms. The van der Waals surface area contributed by atoms with Crippen LogP contribution in [0.3, 0.4) is 0 Å². The topological polar surface area (TPSA) is 100 Å². The SMILES string of the molecule is O=C(NCc1cccnc1)[C@@H]1C[C@H]2OCC[C@H]2N(C(=O)c2ccn[nH]2)C1. The molecule has 8 heteroatoms. The maximum atomic E-state index is 12.8. The first-order valence-electron chi connectivity index (χ1n) is 8.81. The maximum Gasteiger partial charge on any atom is 0.272 e. The van der Waals surface area contributed by atoms with Gasteiger partial charge in [-0.25, -0.2) is 0 Å². The molecule has 0 saturated carbocycles. The van der Waals surface area contributed by atoms with Crippen LogP contribution in [0, 0.1) is 5.92 Å². The van der Waals surface area contributed by atoms with Crippen molar-refractivity contribution in [2.45, 2.75) is 31.5 Å². The van der Waals surface area contributed by atoms with Gasteiger partial charge in [-0.05, 0) is 30.5 Å². The molecule has 0 radical (unpaired) electrons. The molecule has 2 aromatic heterocycles. The van der Waals surface area contributed by atoms with Gasteiger partial charge >= 0.3 is 0 Å². The molecule has 8 nitrogen and oxygen atoms in total. The first-order valence-corrected chi connectivity index (χ1v) is 8.81. The van der Waals surface area contributed by atoms with E-state index >= 15 is 0 Å². The van der Waals surface area contributed by atoms with Gasteiger partial charge in [0, 0.05) is 38.3 Å². The highest BCUT2D eigenvalue weighted by Gasteiger charge is 2.44. The van der Waals surface area contributed by atoms with E-state index in [4.69, 9.17) is 4.74 Å². The van der Waals surface area contributed by atoms with E-state index < -0.39 is 0 Å². The van der Waals surface area contributed by atoms with Crippen molar-refractivity contribution in [3.05, 3.63) is 48.0 Å². The zero-order valence-electron chi connectivity index (χ0n) is 14.3. The van der Waals surface area contributed by atoms with Gasteiger partial charge in [0.2, 0.25) is 5.91 Å². The molecule has 2 aliphatic heterocycles. The Labute approximate surface area is 150 Å². The number of fused-ring (bicyclic) bond motifs is 1. The second-order valence-electron chi connectivity index (χ2n) is 6.70. The smallest absolute Gasteiger partial charge is 0.272 e. The van der Waals surface area contributed by atoms with Gasteiger partial charge < -0.3 is 15.0 Å². The normalized spacial score (nSPS) is 24.9. The van der Waals surface area contributed by atoms with Crippen LogP contribution in [0.1, 0.15) is 28.9 Å². The summed E-state index contributed by atoms with van der Waals surface area (Å²) >= 11 is 0. The van der Waals surface area contributed by atoms with Crippen molar-refractivity contribution in [3.8, 4) is 0 Å². The lowest BCUT2D eigenvalue weighted by Crippen LogP contribution is -2.55. The van der Waals surface area contributed by atoms with Crippen LogP contribution in [0.4, 0.5) is 0 Å². The fraction of sp³-hybridized carbons (Fsp3) is 0.444. The van der Waals surface area contributed by atoms with Gasteiger partial charge in [0.25, 0.3) is 5.91 Å². The Morgan fingerprint density at radius 3 is 3.04 bits per heavy atom. The third-order valence-electron chi connectivity index (χ3n) is 5.06. The number of amides is 2. The minimum absolute atomic E-state index is 0.0215. The molecule has 2 N–H and O–H groups in total. The molecule has 2 aromatic rings. The summed E-state index contributed by atoms with van der Waals surface area (Å²) in [6, 6.07) is 5.43. The Morgan fingerprint density at radius 2 is 2.27 bits per heavy atom. The van der Waals surface area contributed by atoms with Crippen molar-refractivity contribution < 1.29 is 14.3 Å². The molecular weight excluding hydrogens is 334 g/mol. The van der Waals surface area contributed by atoms with Crippen molar-refractivity contribution in [2.24, 2.45) is 5.92 Å². The molecule has 136 valence electrons. The lowest BCUT2D eigenvalue weighted by atomic mass is 9.89. The zero-order valence-corrected chi connectivity index (χ0v) is 14.3. The summed E-state index contributed by atoms with van der Waals surface area (Å²) in [6.07, 6.45) is 6.32. The van der Waals surface area contributed by atoms with Gasteiger partial charge in [-0.2, -0.15) is 5.10 Å². The van der Waals surface area contributed by atoms with E-state index in [2.05, 4.69) is 20.5 Å². The number of carbonyl (C=O) groups excluding carboxylic acids is 2. The quantitative estimate of drug-likeness (QED) is 0.843. The second kappa shape index (κ2) is 7.25. The number of piperidine rings is 1. The molecule has 26 heavy (non-hydrogen) atoms. The van der Waals surface area contributed by atoms with E-state index in [1.54, 1.807) is 29.6 Å². The summed E-state index contributed by atoms with van der Waals surface area (Å²) in [6.45, 7) is 1.43. The van der Waals surface area contributed by atoms with E-state index in [1.165, 1.54) is 0 Å². The molecule has 0 bridgehead atoms. The third kappa shape index (κ3) is 3.32. The minimum Gasteiger partial charge on any atom is -0.376 e. The number of H-pyrrole nitrogens is 1. The van der Waals surface area contributed by atoms with Crippen LogP contribution in [0.5, 0.6) is 0 Å². The number of pyridine rings is 1. The van der Waals surface area contributed by atoms with Crippen molar-refractivity contribution in [2.75, 3.05) is 13.2 Å². The highest BCUT2D eigenvalue weighted by molar-refractivity contribution is 5.93. The predicted molar refractivity (Wildman–Crippen MR) is 92.0 cm³/mol. The standard InChI is InChI=1S/C18H21N5O3/c24-17(20-10-12-2-1-5-19-9-12)13-8-16-15(4-7-26-16)23(11-13)18(25)14-3-6-21-22-14/h1-3,5-6,9,13,15-16H,4,7-8,10-11H2,(H,20,24)(H,21,22)/t13-,15-,16-/m1/s1. The molecule has 2 aliphatic rings. The fourth-order valence-corrected chi connectivity index (χ4v) is 3.74. The summed E-state index contributed by atoms with van der Waals surface area (Å²) in [7, 11) is 0. The summed E-state index contributed by atoms with van der Waals surface area (Å²) in [5.74, 6) is -0.490. The Balaban J connectivity index is 1.45. The third-order valence-corrected chi connectivity index (χ3v) is 5.06. The van der Waals surface area contributed by atoms with E-state index in [9.17, 15) is 9.59 Å². The first kappa shape index (κ1) is 16.7. The number of aromatic nitrogens is 3. The zero-order chi connectivity index (χ0) is 17.9. The van der Waals surface area contributed by atoms with Gasteiger partial charge in [-0.3, -0.25) is 19.7 Å². The van der Waals surface area contributed by atoms with E-state index in [-0.39, 0.29) is 29.9 Å². The Bertz CT molecular complexity index is 764. The summed E-state index contributed by atoms with van der Waals surface area (Å²) in [5.41, 5.74) is 1.38. The lowest BCUT2D eigenvalue weighted by molar-refractivity contribution is -0.128. The van der Waals surface area contributed by atoms with Crippen molar-refractivity contribution in [3.63, 3.8) is 0 Å². The van der Waals surface area contributed by atoms with Crippen molar-refractivity contribution in [1.82, 2.24) is 25.4 Å². The van der Waals surface area contributed by atoms with E-state index in [0.717, 1.165) is 12.0 Å². The molecule has 0 aliphatic carbocycles. The number of nitrogens with zero attached hydrogens (tertiary/aromatic N) is 3. The van der Waals surface area contributed by atoms with Gasteiger partial charge in [0.05, 0.1) is 18.1 Å². The van der Waals surface area contributed by atoms with E-state index in [0.29, 0.717) is 31.8 Å². The molecule has 2 fully saturated rings. The van der Waals surface area contributed by atoms with Crippen molar-refractivity contribution >= 4 is 11.8 Å². The van der Waals surface area contributed by atoms with Crippen LogP contribution in [-0.2, 0) is 16.1 Å². The van der Waals surface area contributed by atoms with Gasteiger partial charge in [0.15, 0.2) is 0 Å². The van der Waals surface area contributed by atoms with Crippen LogP contribution >= 0.6 is 0 Å². The van der Waals surface area contributed by atoms with Gasteiger partial charge in [-0.1, -0.05) is 6.07 Å². The average Bonchev–Trinajstić information content (AvgIpc) is 3.37. The molecule has 0 aromatic carbocycles. The summed E-state index contributed by atoms with van der Waals surface area (Å²) in [5, 5.41) is 9.52. The average molecular weight is 355 g/mol. The number of hydrogen-bond acceptors (Lipinski definition) is 5. The molecular formula is C18H21N5O3. The summed E-state index contributed by atoms with van der Waals surface area (Å²) in [4.78, 5) is 31.3. The molecule has 2 saturated heterocycles. The lowest BCUT2D eigenvalue weighted by Gasteiger charge is -2.40. The van der Waals surface area contributed by atoms with Crippen LogP contribution in [0.25, 0.3) is 0 Å². The molecule has 4 heterocycles. The number of rotatable bonds is 4. The number of ether oxygens (including phenoxy) is 1. The highest BCUT2D eigenvalue weighted by atomic mass is 16.5. The fourth-order valence-electron chi connectivity index (χ4n) is 3.74. The maximum absolute atomic E-state index is 12.8. The van der Waals surface area contributed by atoms with Crippen molar-refractivity contribution in [1.29, 1.82) is 0 Å². The van der Waals surface area contributed by atoms with Gasteiger partial charge in [-0.15, -0.1) is 0 Å². The monoisotopic (exact) mass is 355 g/mol. The number of nitrogens with one attached hydrogen (secondary N) is 2. The van der Waals surface area contributed by atoms with Crippen LogP contribution in [0.15, 0.2) is 36.8 Å². The highest BCUT2D eigenvalue weighted by Crippen LogP contribution is 2.32. The second-order valence-corrected chi connectivity index (χ2v) is 6.70. The minimum atomic E-state index is -0.294. The molecule has 4 rings (SSSR count). The predicted octanol–water partition coefficient (Wildman–Crippen LogP) is 0.741. The summed E-state index contributed by atoms with van der Waals surface area (Å²) < 4.78 is 5.79. The largest absolute Gasteiger partial charge is 0.376 e. The van der Waals surface area contributed by atoms with E-state index in [1.807, 2.05) is 12.1 Å². The molecule has 0 unspecified atom stereocenters. The van der Waals surface area contributed by atoms with Crippen LogP contribution in [0.2, 0.25) is 0 Å². The van der Waals surface area contributed by atoms with Crippen LogP contribution < -0.4 is 5.32 Å². The number of likely N-dealkylation sites (tertiary alicyclic amines) is 1. The Kier molecular flexibility index (Phi) is 4.66.